The molecule has 0 bridgehead atoms. The van der Waals surface area contributed by atoms with Gasteiger partial charge in [-0.25, -0.2) is 0 Å². The highest BCUT2D eigenvalue weighted by molar-refractivity contribution is 5.98. The quantitative estimate of drug-likeness (QED) is 0.469. The number of benzene rings is 3. The second-order valence-electron chi connectivity index (χ2n) is 8.09. The molecule has 1 N–H and O–H groups in total. The average molecular weight is 466 g/mol. The minimum Gasteiger partial charge on any atom is -0.457 e. The molecule has 3 aromatic carbocycles. The van der Waals surface area contributed by atoms with Crippen molar-refractivity contribution in [1.82, 2.24) is 15.1 Å². The van der Waals surface area contributed by atoms with Crippen molar-refractivity contribution >= 4 is 17.5 Å². The number of nitrogens with zero attached hydrogens (tertiary/aromatic N) is 3. The van der Waals surface area contributed by atoms with Gasteiger partial charge in [0.05, 0.1) is 11.7 Å². The first kappa shape index (κ1) is 22.1. The molecular weight excluding hydrogens is 444 g/mol. The van der Waals surface area contributed by atoms with Crippen LogP contribution in [0.3, 0.4) is 0 Å². The minimum atomic E-state index is -0.444. The van der Waals surface area contributed by atoms with Gasteiger partial charge in [0.2, 0.25) is 5.91 Å². The normalized spacial score (nSPS) is 15.1. The molecule has 1 aliphatic rings. The predicted molar refractivity (Wildman–Crippen MR) is 131 cm³/mol. The second-order valence-corrected chi connectivity index (χ2v) is 8.09. The third-order valence-electron chi connectivity index (χ3n) is 5.62. The van der Waals surface area contributed by atoms with Gasteiger partial charge in [-0.05, 0) is 54.6 Å². The molecule has 1 fully saturated rings. The van der Waals surface area contributed by atoms with E-state index in [2.05, 4.69) is 10.4 Å². The summed E-state index contributed by atoms with van der Waals surface area (Å²) in [4.78, 5) is 39.3. The molecule has 35 heavy (non-hydrogen) atoms. The highest BCUT2D eigenvalue weighted by Crippen LogP contribution is 2.27. The molecule has 2 heterocycles. The molecule has 5 rings (SSSR count). The third-order valence-corrected chi connectivity index (χ3v) is 5.62. The van der Waals surface area contributed by atoms with Crippen LogP contribution in [0.25, 0.3) is 5.69 Å². The molecule has 0 saturated carbocycles. The van der Waals surface area contributed by atoms with Gasteiger partial charge < -0.3 is 15.0 Å². The van der Waals surface area contributed by atoms with E-state index in [0.717, 1.165) is 11.4 Å². The molecule has 2 amide bonds. The van der Waals surface area contributed by atoms with Gasteiger partial charge in [0.25, 0.3) is 11.5 Å². The zero-order valence-corrected chi connectivity index (χ0v) is 18.7. The lowest BCUT2D eigenvalue weighted by Gasteiger charge is -2.18. The number of anilines is 1. The van der Waals surface area contributed by atoms with E-state index in [4.69, 9.17) is 4.74 Å². The molecule has 0 spiro atoms. The van der Waals surface area contributed by atoms with Crippen molar-refractivity contribution in [2.24, 2.45) is 0 Å². The van der Waals surface area contributed by atoms with Gasteiger partial charge in [0.15, 0.2) is 0 Å². The molecule has 8 heteroatoms. The van der Waals surface area contributed by atoms with Crippen LogP contribution in [-0.2, 0) is 4.79 Å². The molecule has 8 nitrogen and oxygen atoms in total. The van der Waals surface area contributed by atoms with E-state index in [1.54, 1.807) is 41.3 Å². The zero-order valence-electron chi connectivity index (χ0n) is 18.7. The maximum atomic E-state index is 12.8. The van der Waals surface area contributed by atoms with E-state index >= 15 is 0 Å². The van der Waals surface area contributed by atoms with Crippen LogP contribution in [0.4, 0.5) is 5.69 Å². The number of ether oxygens (including phenoxy) is 1. The Hall–Kier alpha value is -4.72. The van der Waals surface area contributed by atoms with Crippen LogP contribution in [0.1, 0.15) is 16.9 Å². The number of carbonyl (C=O) groups excluding carboxylic acids is 2. The summed E-state index contributed by atoms with van der Waals surface area (Å²) in [6.07, 6.45) is 0.173. The molecule has 1 saturated heterocycles. The summed E-state index contributed by atoms with van der Waals surface area (Å²) in [5.41, 5.74) is 1.05. The summed E-state index contributed by atoms with van der Waals surface area (Å²) in [5, 5.41) is 7.07. The van der Waals surface area contributed by atoms with Crippen LogP contribution in [0.2, 0.25) is 0 Å². The lowest BCUT2D eigenvalue weighted by Crippen LogP contribution is -2.38. The number of hydrogen-bond acceptors (Lipinski definition) is 5. The van der Waals surface area contributed by atoms with Gasteiger partial charge >= 0.3 is 0 Å². The Kier molecular flexibility index (Phi) is 6.09. The van der Waals surface area contributed by atoms with Gasteiger partial charge in [-0.1, -0.05) is 36.4 Å². The Bertz CT molecular complexity index is 1400. The number of rotatable bonds is 6. The maximum absolute atomic E-state index is 12.8. The Balaban J connectivity index is 1.25. The van der Waals surface area contributed by atoms with Crippen molar-refractivity contribution in [1.29, 1.82) is 0 Å². The van der Waals surface area contributed by atoms with E-state index in [-0.39, 0.29) is 29.6 Å². The van der Waals surface area contributed by atoms with Crippen molar-refractivity contribution < 1.29 is 14.3 Å². The second kappa shape index (κ2) is 9.64. The molecule has 1 unspecified atom stereocenters. The van der Waals surface area contributed by atoms with Gasteiger partial charge in [0, 0.05) is 24.7 Å². The van der Waals surface area contributed by atoms with Gasteiger partial charge in [-0.15, -0.1) is 0 Å². The van der Waals surface area contributed by atoms with Crippen molar-refractivity contribution in [3.8, 4) is 17.2 Å². The summed E-state index contributed by atoms with van der Waals surface area (Å²) in [6, 6.07) is 27.9. The maximum Gasteiger partial charge on any atom is 0.272 e. The Morgan fingerprint density at radius 1 is 0.800 bits per heavy atom. The topological polar surface area (TPSA) is 93.5 Å². The summed E-state index contributed by atoms with van der Waals surface area (Å²) in [5.74, 6) is 0.860. The van der Waals surface area contributed by atoms with Gasteiger partial charge in [0.1, 0.15) is 17.2 Å². The first-order chi connectivity index (χ1) is 17.1. The first-order valence-electron chi connectivity index (χ1n) is 11.2. The van der Waals surface area contributed by atoms with Crippen molar-refractivity contribution in [2.45, 2.75) is 12.5 Å². The number of aromatic nitrogens is 2. The van der Waals surface area contributed by atoms with E-state index in [1.165, 1.54) is 16.8 Å². The van der Waals surface area contributed by atoms with Crippen molar-refractivity contribution in [3.63, 3.8) is 0 Å². The minimum absolute atomic E-state index is 0.0887. The highest BCUT2D eigenvalue weighted by atomic mass is 16.5. The van der Waals surface area contributed by atoms with Crippen LogP contribution >= 0.6 is 0 Å². The van der Waals surface area contributed by atoms with E-state index in [0.29, 0.717) is 18.0 Å². The molecule has 174 valence electrons. The molecule has 1 aliphatic heterocycles. The van der Waals surface area contributed by atoms with Crippen LogP contribution in [-0.4, -0.2) is 34.2 Å². The standard InChI is InChI=1S/C27H22N4O4/c32-25-16-15-24(29-31(25)21-7-3-1-4-8-21)27(34)28-19-17-26(33)30(18-19)20-11-13-23(14-12-20)35-22-9-5-2-6-10-22/h1-16,19H,17-18H2,(H,28,34). The van der Waals surface area contributed by atoms with Crippen LogP contribution in [0, 0.1) is 0 Å². The van der Waals surface area contributed by atoms with E-state index in [1.807, 2.05) is 48.5 Å². The lowest BCUT2D eigenvalue weighted by atomic mass is 10.2. The predicted octanol–water partition coefficient (Wildman–Crippen LogP) is 3.56. The fourth-order valence-corrected chi connectivity index (χ4v) is 3.92. The molecule has 1 atom stereocenters. The average Bonchev–Trinajstić information content (AvgIpc) is 3.25. The number of amides is 2. The molecule has 0 aliphatic carbocycles. The molecule has 4 aromatic rings. The third kappa shape index (κ3) is 4.96. The fraction of sp³-hybridized carbons (Fsp3) is 0.111. The van der Waals surface area contributed by atoms with Crippen molar-refractivity contribution in [2.75, 3.05) is 11.4 Å². The number of nitrogens with one attached hydrogen (secondary N) is 1. The summed E-state index contributed by atoms with van der Waals surface area (Å²) < 4.78 is 6.98. The Morgan fingerprint density at radius 3 is 2.17 bits per heavy atom. The number of para-hydroxylation sites is 2. The smallest absolute Gasteiger partial charge is 0.272 e. The van der Waals surface area contributed by atoms with Crippen molar-refractivity contribution in [3.05, 3.63) is 113 Å². The molecule has 1 aromatic heterocycles. The largest absolute Gasteiger partial charge is 0.457 e. The van der Waals surface area contributed by atoms with Crippen LogP contribution in [0.5, 0.6) is 11.5 Å². The highest BCUT2D eigenvalue weighted by Gasteiger charge is 2.32. The number of carbonyl (C=O) groups is 2. The summed E-state index contributed by atoms with van der Waals surface area (Å²) in [6.45, 7) is 0.335. The van der Waals surface area contributed by atoms with E-state index < -0.39 is 5.91 Å². The van der Waals surface area contributed by atoms with Crippen LogP contribution in [0.15, 0.2) is 102 Å². The monoisotopic (exact) mass is 466 g/mol. The Morgan fingerprint density at radius 2 is 1.46 bits per heavy atom. The SMILES string of the molecule is O=C(NC1CC(=O)N(c2ccc(Oc3ccccc3)cc2)C1)c1ccc(=O)n(-c2ccccc2)n1. The fourth-order valence-electron chi connectivity index (χ4n) is 3.92. The zero-order chi connectivity index (χ0) is 24.2. The Labute approximate surface area is 201 Å². The van der Waals surface area contributed by atoms with E-state index in [9.17, 15) is 14.4 Å². The summed E-state index contributed by atoms with van der Waals surface area (Å²) in [7, 11) is 0. The molecular formula is C27H22N4O4. The van der Waals surface area contributed by atoms with Crippen LogP contribution < -0.4 is 20.5 Å². The number of hydrogen-bond donors (Lipinski definition) is 1. The first-order valence-corrected chi connectivity index (χ1v) is 11.2. The van der Waals surface area contributed by atoms with Gasteiger partial charge in [-0.3, -0.25) is 14.4 Å². The summed E-state index contributed by atoms with van der Waals surface area (Å²) >= 11 is 0. The molecule has 0 radical (unpaired) electrons. The van der Waals surface area contributed by atoms with Gasteiger partial charge in [-0.2, -0.15) is 9.78 Å². The lowest BCUT2D eigenvalue weighted by molar-refractivity contribution is -0.117.